The number of rotatable bonds is 10. The largest absolute Gasteiger partial charge is 0.497 e. The van der Waals surface area contributed by atoms with Gasteiger partial charge in [0.05, 0.1) is 30.3 Å². The molecule has 0 aliphatic carbocycles. The highest BCUT2D eigenvalue weighted by molar-refractivity contribution is 7.98. The fourth-order valence-corrected chi connectivity index (χ4v) is 4.82. The van der Waals surface area contributed by atoms with Crippen molar-refractivity contribution in [3.8, 4) is 5.75 Å². The maximum absolute atomic E-state index is 12.2. The predicted octanol–water partition coefficient (Wildman–Crippen LogP) is 6.32. The van der Waals surface area contributed by atoms with Gasteiger partial charge < -0.3 is 14.0 Å². The van der Waals surface area contributed by atoms with Crippen molar-refractivity contribution < 1.29 is 14.3 Å². The summed E-state index contributed by atoms with van der Waals surface area (Å²) < 4.78 is 12.7. The predicted molar refractivity (Wildman–Crippen MR) is 138 cm³/mol. The van der Waals surface area contributed by atoms with Gasteiger partial charge in [-0.15, -0.1) is 0 Å². The average Bonchev–Trinajstić information content (AvgIpc) is 3.23. The zero-order valence-electron chi connectivity index (χ0n) is 19.9. The normalized spacial score (nSPS) is 11.0. The molecule has 0 atom stereocenters. The molecule has 0 aliphatic heterocycles. The topological polar surface area (TPSA) is 53.3 Å². The van der Waals surface area contributed by atoms with Gasteiger partial charge in [0.25, 0.3) is 0 Å². The number of ether oxygens (including phenoxy) is 2. The molecule has 0 bridgehead atoms. The minimum atomic E-state index is -0.317. The van der Waals surface area contributed by atoms with Gasteiger partial charge in [0, 0.05) is 12.3 Å². The maximum Gasteiger partial charge on any atom is 0.338 e. The Bertz CT molecular complexity index is 1250. The number of thioether (sulfide) groups is 1. The van der Waals surface area contributed by atoms with Gasteiger partial charge in [0.2, 0.25) is 0 Å². The summed E-state index contributed by atoms with van der Waals surface area (Å²) in [7, 11) is 1.68. The molecule has 0 unspecified atom stereocenters. The smallest absolute Gasteiger partial charge is 0.338 e. The van der Waals surface area contributed by atoms with E-state index < -0.39 is 0 Å². The van der Waals surface area contributed by atoms with E-state index in [-0.39, 0.29) is 5.97 Å². The highest BCUT2D eigenvalue weighted by atomic mass is 32.2. The number of carbonyl (C=O) groups excluding carboxylic acids is 1. The molecule has 176 valence electrons. The summed E-state index contributed by atoms with van der Waals surface area (Å²) in [6.07, 6.45) is 1.91. The Labute approximate surface area is 205 Å². The number of aromatic nitrogens is 2. The van der Waals surface area contributed by atoms with Gasteiger partial charge in [-0.2, -0.15) is 0 Å². The summed E-state index contributed by atoms with van der Waals surface area (Å²) in [6, 6.07) is 22.6. The highest BCUT2D eigenvalue weighted by Crippen LogP contribution is 2.28. The summed E-state index contributed by atoms with van der Waals surface area (Å²) in [5, 5.41) is 0.948. The third kappa shape index (κ3) is 5.62. The molecule has 4 rings (SSSR count). The number of hydrogen-bond donors (Lipinski definition) is 0. The fraction of sp³-hybridized carbons (Fsp3) is 0.286. The van der Waals surface area contributed by atoms with Crippen LogP contribution in [0.15, 0.2) is 71.9 Å². The Balaban J connectivity index is 1.60. The number of carbonyl (C=O) groups is 1. The first-order valence-electron chi connectivity index (χ1n) is 11.6. The summed E-state index contributed by atoms with van der Waals surface area (Å²) >= 11 is 1.72. The first-order valence-corrected chi connectivity index (χ1v) is 12.6. The zero-order valence-corrected chi connectivity index (χ0v) is 20.7. The molecule has 0 N–H and O–H groups in total. The number of nitrogens with zero attached hydrogens (tertiary/aromatic N) is 2. The van der Waals surface area contributed by atoms with Gasteiger partial charge in [-0.25, -0.2) is 9.78 Å². The van der Waals surface area contributed by atoms with Crippen molar-refractivity contribution in [3.63, 3.8) is 0 Å². The van der Waals surface area contributed by atoms with Crippen LogP contribution in [0.4, 0.5) is 0 Å². The van der Waals surface area contributed by atoms with Crippen LogP contribution in [0.1, 0.15) is 40.9 Å². The Morgan fingerprint density at radius 3 is 2.32 bits per heavy atom. The van der Waals surface area contributed by atoms with E-state index in [1.54, 1.807) is 18.9 Å². The van der Waals surface area contributed by atoms with Crippen molar-refractivity contribution in [1.82, 2.24) is 9.55 Å². The molecule has 0 amide bonds. The van der Waals surface area contributed by atoms with Crippen molar-refractivity contribution >= 4 is 28.8 Å². The molecule has 1 heterocycles. The van der Waals surface area contributed by atoms with Crippen molar-refractivity contribution in [2.24, 2.45) is 0 Å². The van der Waals surface area contributed by atoms with Gasteiger partial charge in [-0.05, 0) is 66.8 Å². The van der Waals surface area contributed by atoms with E-state index in [2.05, 4.69) is 47.9 Å². The van der Waals surface area contributed by atoms with E-state index in [4.69, 9.17) is 14.5 Å². The second-order valence-corrected chi connectivity index (χ2v) is 8.97. The number of aryl methyl sites for hydroxylation is 3. The number of esters is 1. The number of imidazole rings is 1. The van der Waals surface area contributed by atoms with Crippen molar-refractivity contribution in [3.05, 3.63) is 89.0 Å². The third-order valence-electron chi connectivity index (χ3n) is 5.81. The molecular formula is C28H30N2O3S. The number of hydrogen-bond acceptors (Lipinski definition) is 5. The summed E-state index contributed by atoms with van der Waals surface area (Å²) in [5.41, 5.74) is 6.20. The van der Waals surface area contributed by atoms with E-state index >= 15 is 0 Å². The van der Waals surface area contributed by atoms with Gasteiger partial charge in [0.15, 0.2) is 5.16 Å². The van der Waals surface area contributed by atoms with Crippen molar-refractivity contribution in [2.75, 3.05) is 13.7 Å². The minimum Gasteiger partial charge on any atom is -0.497 e. The van der Waals surface area contributed by atoms with Crippen LogP contribution in [0.25, 0.3) is 11.0 Å². The number of methoxy groups -OCH3 is 1. The van der Waals surface area contributed by atoms with E-state index in [1.807, 2.05) is 37.3 Å². The molecule has 34 heavy (non-hydrogen) atoms. The van der Waals surface area contributed by atoms with Crippen LogP contribution in [0, 0.1) is 0 Å². The van der Waals surface area contributed by atoms with Crippen molar-refractivity contribution in [2.45, 2.75) is 44.1 Å². The molecule has 0 fully saturated rings. The molecule has 0 radical (unpaired) electrons. The van der Waals surface area contributed by atoms with E-state index in [0.29, 0.717) is 12.2 Å². The lowest BCUT2D eigenvalue weighted by molar-refractivity contribution is 0.0526. The standard InChI is InChI=1S/C28H30N2O3S/c1-4-20-6-8-22(9-7-20)19-34-28-29-25-18-23(27(31)33-5-2)12-15-26(25)30(28)17-16-21-10-13-24(32-3)14-11-21/h6-15,18H,4-5,16-17,19H2,1-3H3. The van der Waals surface area contributed by atoms with E-state index in [1.165, 1.54) is 16.7 Å². The minimum absolute atomic E-state index is 0.317. The first kappa shape index (κ1) is 23.9. The Morgan fingerprint density at radius 1 is 0.941 bits per heavy atom. The number of benzene rings is 3. The van der Waals surface area contributed by atoms with Crippen LogP contribution in [0.2, 0.25) is 0 Å². The van der Waals surface area contributed by atoms with Crippen LogP contribution in [0.3, 0.4) is 0 Å². The van der Waals surface area contributed by atoms with Crippen LogP contribution in [0.5, 0.6) is 5.75 Å². The van der Waals surface area contributed by atoms with E-state index in [0.717, 1.165) is 47.1 Å². The van der Waals surface area contributed by atoms with E-state index in [9.17, 15) is 4.79 Å². The van der Waals surface area contributed by atoms with Gasteiger partial charge in [-0.3, -0.25) is 0 Å². The lowest BCUT2D eigenvalue weighted by Crippen LogP contribution is -2.05. The Morgan fingerprint density at radius 2 is 1.65 bits per heavy atom. The molecule has 0 saturated heterocycles. The van der Waals surface area contributed by atoms with Crippen LogP contribution in [-0.4, -0.2) is 29.2 Å². The lowest BCUT2D eigenvalue weighted by atomic mass is 10.1. The summed E-state index contributed by atoms with van der Waals surface area (Å²) in [4.78, 5) is 17.1. The molecule has 4 aromatic rings. The highest BCUT2D eigenvalue weighted by Gasteiger charge is 2.15. The van der Waals surface area contributed by atoms with Crippen LogP contribution >= 0.6 is 11.8 Å². The Kier molecular flexibility index (Phi) is 7.91. The third-order valence-corrected chi connectivity index (χ3v) is 6.85. The molecular weight excluding hydrogens is 444 g/mol. The molecule has 1 aromatic heterocycles. The van der Waals surface area contributed by atoms with Crippen LogP contribution < -0.4 is 4.74 Å². The van der Waals surface area contributed by atoms with Gasteiger partial charge in [-0.1, -0.05) is 55.1 Å². The lowest BCUT2D eigenvalue weighted by Gasteiger charge is -2.10. The molecule has 0 saturated carbocycles. The van der Waals surface area contributed by atoms with Crippen molar-refractivity contribution in [1.29, 1.82) is 0 Å². The SMILES string of the molecule is CCOC(=O)c1ccc2c(c1)nc(SCc1ccc(CC)cc1)n2CCc1ccc(OC)cc1. The second-order valence-electron chi connectivity index (χ2n) is 8.03. The molecule has 0 aliphatic rings. The molecule has 5 nitrogen and oxygen atoms in total. The zero-order chi connectivity index (χ0) is 23.9. The molecule has 0 spiro atoms. The quantitative estimate of drug-likeness (QED) is 0.199. The average molecular weight is 475 g/mol. The Hall–Kier alpha value is -3.25. The molecule has 6 heteroatoms. The molecule has 3 aromatic carbocycles. The summed E-state index contributed by atoms with van der Waals surface area (Å²) in [6.45, 7) is 5.12. The van der Waals surface area contributed by atoms with Gasteiger partial charge >= 0.3 is 5.97 Å². The first-order chi connectivity index (χ1) is 16.6. The second kappa shape index (κ2) is 11.3. The van der Waals surface area contributed by atoms with Gasteiger partial charge in [0.1, 0.15) is 5.75 Å². The summed E-state index contributed by atoms with van der Waals surface area (Å²) in [5.74, 6) is 1.37. The monoisotopic (exact) mass is 474 g/mol. The fourth-order valence-electron chi connectivity index (χ4n) is 3.83. The van der Waals surface area contributed by atoms with Crippen LogP contribution in [-0.2, 0) is 29.9 Å². The maximum atomic E-state index is 12.2. The number of fused-ring (bicyclic) bond motifs is 1.